The second-order valence-electron chi connectivity index (χ2n) is 3.97. The number of alkyl halides is 1. The fourth-order valence-electron chi connectivity index (χ4n) is 1.65. The molecule has 0 aliphatic carbocycles. The highest BCUT2D eigenvalue weighted by Crippen LogP contribution is 2.06. The van der Waals surface area contributed by atoms with Crippen LogP contribution in [0.15, 0.2) is 6.07 Å². The average molecular weight is 318 g/mol. The molecule has 0 aromatic carbocycles. The Kier molecular flexibility index (Phi) is 6.35. The fourth-order valence-corrected chi connectivity index (χ4v) is 2.00. The molecular formula is C12H20BrN3O2. The minimum atomic E-state index is -0.106. The van der Waals surface area contributed by atoms with Gasteiger partial charge in [-0.05, 0) is 19.4 Å². The van der Waals surface area contributed by atoms with Crippen molar-refractivity contribution < 1.29 is 9.53 Å². The van der Waals surface area contributed by atoms with Gasteiger partial charge in [-0.2, -0.15) is 5.10 Å². The molecule has 18 heavy (non-hydrogen) atoms. The molecule has 0 bridgehead atoms. The van der Waals surface area contributed by atoms with Crippen LogP contribution >= 0.6 is 15.9 Å². The van der Waals surface area contributed by atoms with Gasteiger partial charge in [-0.15, -0.1) is 0 Å². The normalized spacial score (nSPS) is 12.4. The Bertz CT molecular complexity index is 393. The van der Waals surface area contributed by atoms with E-state index in [0.29, 0.717) is 24.2 Å². The maximum Gasteiger partial charge on any atom is 0.269 e. The van der Waals surface area contributed by atoms with Crippen LogP contribution in [0, 0.1) is 0 Å². The monoisotopic (exact) mass is 317 g/mol. The van der Waals surface area contributed by atoms with E-state index < -0.39 is 0 Å². The number of halogens is 1. The molecular weight excluding hydrogens is 298 g/mol. The molecule has 0 aliphatic heterocycles. The van der Waals surface area contributed by atoms with Crippen LogP contribution in [0.4, 0.5) is 0 Å². The van der Waals surface area contributed by atoms with Crippen molar-refractivity contribution >= 4 is 21.8 Å². The summed E-state index contributed by atoms with van der Waals surface area (Å²) in [5.41, 5.74) is 1.54. The van der Waals surface area contributed by atoms with Crippen molar-refractivity contribution in [1.29, 1.82) is 0 Å². The third-order valence-electron chi connectivity index (χ3n) is 2.61. The van der Waals surface area contributed by atoms with Gasteiger partial charge in [-0.1, -0.05) is 22.9 Å². The smallest absolute Gasteiger partial charge is 0.269 e. The summed E-state index contributed by atoms with van der Waals surface area (Å²) >= 11 is 3.36. The molecule has 5 nitrogen and oxygen atoms in total. The van der Waals surface area contributed by atoms with Gasteiger partial charge in [0.05, 0.1) is 18.3 Å². The summed E-state index contributed by atoms with van der Waals surface area (Å²) in [6.07, 6.45) is 0.827. The molecule has 1 atom stereocenters. The lowest BCUT2D eigenvalue weighted by molar-refractivity contribution is 0.0897. The van der Waals surface area contributed by atoms with Crippen molar-refractivity contribution in [2.45, 2.75) is 32.9 Å². The second kappa shape index (κ2) is 7.53. The van der Waals surface area contributed by atoms with Gasteiger partial charge in [0.1, 0.15) is 5.69 Å². The zero-order valence-electron chi connectivity index (χ0n) is 11.1. The molecule has 1 N–H and O–H groups in total. The van der Waals surface area contributed by atoms with Gasteiger partial charge < -0.3 is 10.1 Å². The number of methoxy groups -OCH3 is 1. The number of carbonyl (C=O) groups is 1. The maximum atomic E-state index is 12.1. The summed E-state index contributed by atoms with van der Waals surface area (Å²) in [6, 6.07) is 1.81. The molecule has 1 aromatic rings. The molecule has 0 aliphatic rings. The summed E-state index contributed by atoms with van der Waals surface area (Å²) in [6.45, 7) is 5.17. The summed E-state index contributed by atoms with van der Waals surface area (Å²) < 4.78 is 6.78. The van der Waals surface area contributed by atoms with Crippen LogP contribution in [0.5, 0.6) is 0 Å². The number of nitrogens with one attached hydrogen (secondary N) is 1. The van der Waals surface area contributed by atoms with Gasteiger partial charge in [0.2, 0.25) is 0 Å². The van der Waals surface area contributed by atoms with Crippen molar-refractivity contribution in [1.82, 2.24) is 15.1 Å². The highest BCUT2D eigenvalue weighted by Gasteiger charge is 2.17. The zero-order chi connectivity index (χ0) is 13.5. The highest BCUT2D eigenvalue weighted by atomic mass is 79.9. The minimum Gasteiger partial charge on any atom is -0.383 e. The Morgan fingerprint density at radius 1 is 1.61 bits per heavy atom. The van der Waals surface area contributed by atoms with E-state index in [4.69, 9.17) is 4.74 Å². The average Bonchev–Trinajstić information content (AvgIpc) is 2.81. The second-order valence-corrected chi connectivity index (χ2v) is 4.62. The SMILES string of the molecule is CCc1cc(C(=O)NC(CBr)COC)n(CC)n1. The topological polar surface area (TPSA) is 56.1 Å². The van der Waals surface area contributed by atoms with Crippen molar-refractivity contribution in [2.75, 3.05) is 19.0 Å². The number of aromatic nitrogens is 2. The first-order valence-electron chi connectivity index (χ1n) is 6.08. The molecule has 0 saturated heterocycles. The number of ether oxygens (including phenoxy) is 1. The quantitative estimate of drug-likeness (QED) is 0.777. The van der Waals surface area contributed by atoms with Crippen molar-refractivity contribution in [2.24, 2.45) is 0 Å². The van der Waals surface area contributed by atoms with Crippen LogP contribution in [0.3, 0.4) is 0 Å². The van der Waals surface area contributed by atoms with E-state index in [9.17, 15) is 4.79 Å². The Morgan fingerprint density at radius 3 is 2.83 bits per heavy atom. The molecule has 0 fully saturated rings. The van der Waals surface area contributed by atoms with E-state index in [-0.39, 0.29) is 11.9 Å². The highest BCUT2D eigenvalue weighted by molar-refractivity contribution is 9.09. The first kappa shape index (κ1) is 15.2. The van der Waals surface area contributed by atoms with Crippen LogP contribution < -0.4 is 5.32 Å². The largest absolute Gasteiger partial charge is 0.383 e. The van der Waals surface area contributed by atoms with Crippen molar-refractivity contribution in [3.8, 4) is 0 Å². The van der Waals surface area contributed by atoms with E-state index >= 15 is 0 Å². The minimum absolute atomic E-state index is 0.0345. The lowest BCUT2D eigenvalue weighted by Gasteiger charge is -2.15. The third-order valence-corrected chi connectivity index (χ3v) is 3.40. The van der Waals surface area contributed by atoms with Crippen molar-refractivity contribution in [3.63, 3.8) is 0 Å². The number of aryl methyl sites for hydroxylation is 2. The molecule has 1 heterocycles. The summed E-state index contributed by atoms with van der Waals surface area (Å²) in [5, 5.41) is 7.94. The van der Waals surface area contributed by atoms with Gasteiger partial charge in [0, 0.05) is 19.0 Å². The number of nitrogens with zero attached hydrogens (tertiary/aromatic N) is 2. The molecule has 1 amide bonds. The number of carbonyl (C=O) groups excluding carboxylic acids is 1. The van der Waals surface area contributed by atoms with E-state index in [1.807, 2.05) is 19.9 Å². The maximum absolute atomic E-state index is 12.1. The number of hydrogen-bond donors (Lipinski definition) is 1. The molecule has 1 rings (SSSR count). The predicted octanol–water partition coefficient (Wildman–Crippen LogP) is 1.61. The van der Waals surface area contributed by atoms with Crippen LogP contribution in [0.2, 0.25) is 0 Å². The lowest BCUT2D eigenvalue weighted by atomic mass is 10.2. The van der Waals surface area contributed by atoms with Crippen LogP contribution in [0.1, 0.15) is 30.0 Å². The van der Waals surface area contributed by atoms with Gasteiger partial charge in [0.25, 0.3) is 5.91 Å². The van der Waals surface area contributed by atoms with Gasteiger partial charge in [-0.3, -0.25) is 9.48 Å². The lowest BCUT2D eigenvalue weighted by Crippen LogP contribution is -2.40. The Labute approximate surface area is 116 Å². The van der Waals surface area contributed by atoms with Crippen molar-refractivity contribution in [3.05, 3.63) is 17.5 Å². The molecule has 0 spiro atoms. The van der Waals surface area contributed by atoms with Gasteiger partial charge in [-0.25, -0.2) is 0 Å². The molecule has 6 heteroatoms. The molecule has 0 radical (unpaired) electrons. The Morgan fingerprint density at radius 2 is 2.33 bits per heavy atom. The zero-order valence-corrected chi connectivity index (χ0v) is 12.7. The third kappa shape index (κ3) is 3.81. The fraction of sp³-hybridized carbons (Fsp3) is 0.667. The standard InChI is InChI=1S/C12H20BrN3O2/c1-4-9-6-11(16(5-2)15-9)12(17)14-10(7-13)8-18-3/h6,10H,4-5,7-8H2,1-3H3,(H,14,17). The number of amides is 1. The number of rotatable bonds is 7. The van der Waals surface area contributed by atoms with E-state index in [1.165, 1.54) is 0 Å². The Hall–Kier alpha value is -0.880. The molecule has 1 aromatic heterocycles. The molecule has 1 unspecified atom stereocenters. The first-order chi connectivity index (χ1) is 8.65. The van der Waals surface area contributed by atoms with Crippen LogP contribution in [-0.4, -0.2) is 40.8 Å². The number of hydrogen-bond acceptors (Lipinski definition) is 3. The van der Waals surface area contributed by atoms with E-state index in [0.717, 1.165) is 12.1 Å². The molecule has 0 saturated carbocycles. The predicted molar refractivity (Wildman–Crippen MR) is 74.2 cm³/mol. The first-order valence-corrected chi connectivity index (χ1v) is 7.20. The summed E-state index contributed by atoms with van der Waals surface area (Å²) in [7, 11) is 1.62. The van der Waals surface area contributed by atoms with Crippen LogP contribution in [-0.2, 0) is 17.7 Å². The molecule has 102 valence electrons. The van der Waals surface area contributed by atoms with Crippen LogP contribution in [0.25, 0.3) is 0 Å². The van der Waals surface area contributed by atoms with Gasteiger partial charge in [0.15, 0.2) is 0 Å². The van der Waals surface area contributed by atoms with Gasteiger partial charge >= 0.3 is 0 Å². The summed E-state index contributed by atoms with van der Waals surface area (Å²) in [5.74, 6) is -0.106. The Balaban J connectivity index is 2.79. The summed E-state index contributed by atoms with van der Waals surface area (Å²) in [4.78, 5) is 12.1. The van der Waals surface area contributed by atoms with E-state index in [2.05, 4.69) is 26.3 Å². The van der Waals surface area contributed by atoms with E-state index in [1.54, 1.807) is 11.8 Å².